The van der Waals surface area contributed by atoms with Crippen LogP contribution in [0.2, 0.25) is 0 Å². The zero-order valence-corrected chi connectivity index (χ0v) is 14.0. The third kappa shape index (κ3) is 1.89. The van der Waals surface area contributed by atoms with Gasteiger partial charge in [-0.3, -0.25) is 4.90 Å². The summed E-state index contributed by atoms with van der Waals surface area (Å²) in [6.07, 6.45) is 7.81. The molecular formula is C18H24N2OS. The van der Waals surface area contributed by atoms with Crippen LogP contribution in [-0.4, -0.2) is 36.7 Å². The molecule has 1 aromatic heterocycles. The molecule has 118 valence electrons. The molecule has 1 spiro atoms. The average Bonchev–Trinajstić information content (AvgIpc) is 3.09. The van der Waals surface area contributed by atoms with Crippen molar-refractivity contribution in [3.63, 3.8) is 0 Å². The number of rotatable bonds is 1. The lowest BCUT2D eigenvalue weighted by molar-refractivity contribution is -0.0981. The first-order valence-corrected chi connectivity index (χ1v) is 9.55. The number of hydrogen-bond acceptors (Lipinski definition) is 4. The molecule has 0 saturated carbocycles. The van der Waals surface area contributed by atoms with Gasteiger partial charge in [0.15, 0.2) is 5.88 Å². The molecule has 4 heteroatoms. The molecule has 0 unspecified atom stereocenters. The number of hydrogen-bond donors (Lipinski definition) is 0. The van der Waals surface area contributed by atoms with Crippen molar-refractivity contribution in [2.75, 3.05) is 31.1 Å². The van der Waals surface area contributed by atoms with Gasteiger partial charge in [-0.05, 0) is 69.8 Å². The summed E-state index contributed by atoms with van der Waals surface area (Å²) in [5.74, 6) is 1.60. The zero-order chi connectivity index (χ0) is 14.7. The van der Waals surface area contributed by atoms with Crippen LogP contribution < -0.4 is 4.90 Å². The Morgan fingerprint density at radius 3 is 2.73 bits per heavy atom. The zero-order valence-electron chi connectivity index (χ0n) is 13.1. The van der Waals surface area contributed by atoms with Crippen LogP contribution in [0, 0.1) is 5.92 Å². The van der Waals surface area contributed by atoms with Gasteiger partial charge in [0.25, 0.3) is 0 Å². The predicted octanol–water partition coefficient (Wildman–Crippen LogP) is 3.40. The molecule has 1 aromatic rings. The first-order chi connectivity index (χ1) is 10.7. The van der Waals surface area contributed by atoms with Crippen molar-refractivity contribution in [2.24, 2.45) is 5.92 Å². The van der Waals surface area contributed by atoms with E-state index in [-0.39, 0.29) is 5.60 Å². The minimum absolute atomic E-state index is 0.0120. The normalized spacial score (nSPS) is 36.7. The highest BCUT2D eigenvalue weighted by atomic mass is 32.1. The Kier molecular flexibility index (Phi) is 2.90. The van der Waals surface area contributed by atoms with Crippen molar-refractivity contribution in [1.82, 2.24) is 4.90 Å². The topological polar surface area (TPSA) is 15.7 Å². The van der Waals surface area contributed by atoms with Gasteiger partial charge in [-0.25, -0.2) is 0 Å². The molecule has 22 heavy (non-hydrogen) atoms. The van der Waals surface area contributed by atoms with Gasteiger partial charge in [-0.2, -0.15) is 0 Å². The fraction of sp³-hybridized carbons (Fsp3) is 0.667. The fourth-order valence-corrected chi connectivity index (χ4v) is 6.17. The maximum Gasteiger partial charge on any atom is 0.187 e. The van der Waals surface area contributed by atoms with E-state index < -0.39 is 0 Å². The van der Waals surface area contributed by atoms with Crippen LogP contribution in [0.3, 0.4) is 0 Å². The minimum atomic E-state index is 0.0120. The maximum absolute atomic E-state index is 6.42. The number of piperidine rings is 3. The predicted molar refractivity (Wildman–Crippen MR) is 90.4 cm³/mol. The molecule has 0 aromatic carbocycles. The molecule has 1 aliphatic carbocycles. The first kappa shape index (κ1) is 13.4. The quantitative estimate of drug-likeness (QED) is 0.790. The summed E-state index contributed by atoms with van der Waals surface area (Å²) in [7, 11) is 0. The van der Waals surface area contributed by atoms with Crippen molar-refractivity contribution in [3.05, 3.63) is 29.0 Å². The molecule has 1 atom stereocenters. The van der Waals surface area contributed by atoms with Gasteiger partial charge in [-0.15, -0.1) is 11.3 Å². The summed E-state index contributed by atoms with van der Waals surface area (Å²) >= 11 is 1.98. The number of aryl methyl sites for hydroxylation is 2. The molecule has 5 heterocycles. The van der Waals surface area contributed by atoms with Gasteiger partial charge in [-0.1, -0.05) is 0 Å². The van der Waals surface area contributed by atoms with E-state index in [2.05, 4.69) is 22.4 Å². The van der Waals surface area contributed by atoms with Crippen LogP contribution in [0.5, 0.6) is 0 Å². The van der Waals surface area contributed by atoms with Crippen LogP contribution in [-0.2, 0) is 17.6 Å². The Bertz CT molecular complexity index is 593. The lowest BCUT2D eigenvalue weighted by Gasteiger charge is -2.49. The largest absolute Gasteiger partial charge is 0.469 e. The third-order valence-corrected chi connectivity index (χ3v) is 7.38. The lowest BCUT2D eigenvalue weighted by Crippen LogP contribution is -2.60. The first-order valence-electron chi connectivity index (χ1n) is 8.73. The molecule has 4 saturated heterocycles. The number of fused-ring (bicyclic) bond motifs is 3. The maximum atomic E-state index is 6.42. The summed E-state index contributed by atoms with van der Waals surface area (Å²) < 4.78 is 6.42. The highest BCUT2D eigenvalue weighted by Gasteiger charge is 2.54. The highest BCUT2D eigenvalue weighted by molar-refractivity contribution is 7.16. The van der Waals surface area contributed by atoms with Crippen LogP contribution in [0.1, 0.15) is 36.1 Å². The van der Waals surface area contributed by atoms with E-state index in [9.17, 15) is 0 Å². The second-order valence-electron chi connectivity index (χ2n) is 7.44. The Labute approximate surface area is 136 Å². The van der Waals surface area contributed by atoms with Crippen molar-refractivity contribution >= 4 is 16.3 Å². The van der Waals surface area contributed by atoms with Crippen molar-refractivity contribution in [2.45, 2.75) is 44.1 Å². The monoisotopic (exact) mass is 316 g/mol. The van der Waals surface area contributed by atoms with Gasteiger partial charge >= 0.3 is 0 Å². The molecule has 2 bridgehead atoms. The number of ether oxygens (including phenoxy) is 1. The molecule has 4 aliphatic heterocycles. The van der Waals surface area contributed by atoms with Crippen LogP contribution >= 0.6 is 11.3 Å². The molecule has 4 fully saturated rings. The summed E-state index contributed by atoms with van der Waals surface area (Å²) in [6.45, 7) is 8.86. The molecule has 0 amide bonds. The Morgan fingerprint density at radius 2 is 2.00 bits per heavy atom. The van der Waals surface area contributed by atoms with E-state index in [1.807, 2.05) is 11.3 Å². The molecule has 6 rings (SSSR count). The van der Waals surface area contributed by atoms with Crippen LogP contribution in [0.15, 0.2) is 18.5 Å². The number of thiophene rings is 1. The lowest BCUT2D eigenvalue weighted by atomic mass is 9.75. The van der Waals surface area contributed by atoms with Gasteiger partial charge in [0, 0.05) is 17.3 Å². The Morgan fingerprint density at radius 1 is 1.18 bits per heavy atom. The molecule has 5 aliphatic rings. The molecule has 3 nitrogen and oxygen atoms in total. The van der Waals surface area contributed by atoms with Crippen LogP contribution in [0.25, 0.3) is 0 Å². The van der Waals surface area contributed by atoms with Crippen LogP contribution in [0.4, 0.5) is 5.00 Å². The SMILES string of the molecule is C=C1O[C@]2(CN3CCC2CC3)CN1c1cc2c(s1)CCCC2. The summed E-state index contributed by atoms with van der Waals surface area (Å²) in [6, 6.07) is 2.41. The Balaban J connectivity index is 1.44. The third-order valence-electron chi connectivity index (χ3n) is 6.12. The second-order valence-corrected chi connectivity index (χ2v) is 8.55. The van der Waals surface area contributed by atoms with Crippen molar-refractivity contribution in [3.8, 4) is 0 Å². The number of nitrogens with zero attached hydrogens (tertiary/aromatic N) is 2. The fourth-order valence-electron chi connectivity index (χ4n) is 4.91. The van der Waals surface area contributed by atoms with Gasteiger partial charge in [0.05, 0.1) is 11.5 Å². The molecular weight excluding hydrogens is 292 g/mol. The summed E-state index contributed by atoms with van der Waals surface area (Å²) in [5.41, 5.74) is 1.59. The Hall–Kier alpha value is -1.000. The molecule has 0 N–H and O–H groups in total. The van der Waals surface area contributed by atoms with E-state index in [1.165, 1.54) is 56.6 Å². The average molecular weight is 316 g/mol. The van der Waals surface area contributed by atoms with E-state index in [0.717, 1.165) is 19.0 Å². The van der Waals surface area contributed by atoms with Gasteiger partial charge < -0.3 is 9.64 Å². The van der Waals surface area contributed by atoms with E-state index in [4.69, 9.17) is 4.74 Å². The standard InChI is InChI=1S/C18H24N2OS/c1-13-20(17-10-14-4-2-3-5-16(14)22-17)12-18(21-13)11-19-8-6-15(18)7-9-19/h10,15H,1-9,11-12H2/t18-/m1/s1. The number of anilines is 1. The molecule has 0 radical (unpaired) electrons. The minimum Gasteiger partial charge on any atom is -0.469 e. The van der Waals surface area contributed by atoms with E-state index in [0.29, 0.717) is 5.92 Å². The highest BCUT2D eigenvalue weighted by Crippen LogP contribution is 2.47. The van der Waals surface area contributed by atoms with Crippen molar-refractivity contribution < 1.29 is 4.74 Å². The second kappa shape index (κ2) is 4.75. The van der Waals surface area contributed by atoms with Gasteiger partial charge in [0.1, 0.15) is 5.60 Å². The van der Waals surface area contributed by atoms with E-state index >= 15 is 0 Å². The smallest absolute Gasteiger partial charge is 0.187 e. The van der Waals surface area contributed by atoms with E-state index in [1.54, 1.807) is 10.4 Å². The van der Waals surface area contributed by atoms with Gasteiger partial charge in [0.2, 0.25) is 0 Å². The summed E-state index contributed by atoms with van der Waals surface area (Å²) in [4.78, 5) is 6.55. The summed E-state index contributed by atoms with van der Waals surface area (Å²) in [5, 5.41) is 1.37. The van der Waals surface area contributed by atoms with Crippen molar-refractivity contribution in [1.29, 1.82) is 0 Å².